The van der Waals surface area contributed by atoms with Crippen LogP contribution in [0.2, 0.25) is 0 Å². The van der Waals surface area contributed by atoms with E-state index in [1.807, 2.05) is 12.1 Å². The van der Waals surface area contributed by atoms with E-state index in [0.29, 0.717) is 57.3 Å². The fourth-order valence-corrected chi connectivity index (χ4v) is 10.9. The number of nitrogens with zero attached hydrogens (tertiary/aromatic N) is 10. The maximum atomic E-state index is 14.8. The van der Waals surface area contributed by atoms with E-state index in [2.05, 4.69) is 9.80 Å². The van der Waals surface area contributed by atoms with Crippen molar-refractivity contribution in [3.63, 3.8) is 0 Å². The normalized spacial score (nSPS) is 18.5. The number of carbonyl (C=O) groups excluding carboxylic acids is 6. The Labute approximate surface area is 485 Å². The summed E-state index contributed by atoms with van der Waals surface area (Å²) in [5.74, 6) is -6.05. The first-order valence-corrected chi connectivity index (χ1v) is 27.6. The molecule has 20 nitrogen and oxygen atoms in total. The van der Waals surface area contributed by atoms with Crippen LogP contribution in [0, 0.1) is 22.7 Å². The number of carbonyl (C=O) groups is 6. The third kappa shape index (κ3) is 13.7. The summed E-state index contributed by atoms with van der Waals surface area (Å²) in [5.41, 5.74) is -3.01. The number of aliphatic hydroxyl groups is 2. The van der Waals surface area contributed by atoms with E-state index in [-0.39, 0.29) is 71.2 Å². The van der Waals surface area contributed by atoms with Crippen LogP contribution < -0.4 is 9.80 Å². The molecule has 4 aliphatic rings. The van der Waals surface area contributed by atoms with Gasteiger partial charge >= 0.3 is 24.0 Å². The van der Waals surface area contributed by atoms with Gasteiger partial charge in [-0.05, 0) is 73.5 Å². The lowest BCUT2D eigenvalue weighted by Crippen LogP contribution is -2.57. The Balaban J connectivity index is 0.934. The zero-order valence-corrected chi connectivity index (χ0v) is 47.6. The van der Waals surface area contributed by atoms with Crippen LogP contribution in [0.1, 0.15) is 66.2 Å². The lowest BCUT2D eigenvalue weighted by molar-refractivity contribution is -0.142. The van der Waals surface area contributed by atoms with Crippen molar-refractivity contribution in [2.75, 3.05) is 115 Å². The van der Waals surface area contributed by atoms with E-state index in [4.69, 9.17) is 9.47 Å². The van der Waals surface area contributed by atoms with Gasteiger partial charge < -0.3 is 39.3 Å². The molecule has 0 bridgehead atoms. The number of amides is 6. The predicted octanol–water partition coefficient (Wildman–Crippen LogP) is 6.04. The molecule has 2 saturated heterocycles. The topological polar surface area (TPSA) is 235 Å². The molecule has 3 unspecified atom stereocenters. The van der Waals surface area contributed by atoms with E-state index in [1.54, 1.807) is 34.1 Å². The number of anilines is 2. The van der Waals surface area contributed by atoms with E-state index in [0.717, 1.165) is 21.9 Å². The molecule has 8 rings (SSSR count). The van der Waals surface area contributed by atoms with Gasteiger partial charge in [0.15, 0.2) is 0 Å². The summed E-state index contributed by atoms with van der Waals surface area (Å²) in [6.45, 7) is 4.76. The molecular weight excluding hydrogens is 1120 g/mol. The van der Waals surface area contributed by atoms with E-state index in [9.17, 15) is 67.1 Å². The van der Waals surface area contributed by atoms with Crippen LogP contribution in [0.15, 0.2) is 120 Å². The number of alkyl halides is 4. The molecule has 2 fully saturated rings. The second-order valence-corrected chi connectivity index (χ2v) is 21.3. The number of esters is 2. The number of aliphatic hydroxyl groups excluding tert-OH is 2. The number of hydrogen-bond acceptors (Lipinski definition) is 14. The van der Waals surface area contributed by atoms with Crippen molar-refractivity contribution >= 4 is 56.4 Å². The minimum absolute atomic E-state index is 0.00568. The maximum absolute atomic E-state index is 14.8. The van der Waals surface area contributed by atoms with Crippen LogP contribution in [0.4, 0.5) is 38.5 Å². The Morgan fingerprint density at radius 2 is 0.964 bits per heavy atom. The minimum Gasteiger partial charge on any atom is -0.460 e. The SMILES string of the molecule is CC1=C(C(=O)OCCO)C(c2ccc(C#N)cc2)N(CC(=O)N2CCN(CCN3CCN(C(=O)CN4C(=O)N(c5cccc(C(F)(F)P)c5)C(C)=C(C(=O)OCCO)C4c4ccc(C#N)cc4)CC3)CC2)C(=O)N1c1cccc(C(C)(F)F)c1. The van der Waals surface area contributed by atoms with Gasteiger partial charge in [-0.1, -0.05) is 57.8 Å². The Morgan fingerprint density at radius 3 is 1.31 bits per heavy atom. The number of allylic oxidation sites excluding steroid dienone is 2. The molecule has 4 aliphatic heterocycles. The highest BCUT2D eigenvalue weighted by Crippen LogP contribution is 2.44. The number of nitriles is 2. The van der Waals surface area contributed by atoms with Crippen molar-refractivity contribution in [2.45, 2.75) is 44.4 Å². The molecule has 4 aromatic carbocycles. The average molecular weight is 1180 g/mol. The van der Waals surface area contributed by atoms with Crippen molar-refractivity contribution in [3.8, 4) is 12.1 Å². The highest BCUT2D eigenvalue weighted by molar-refractivity contribution is 7.17. The Hall–Kier alpha value is -8.25. The van der Waals surface area contributed by atoms with Crippen molar-refractivity contribution in [1.29, 1.82) is 10.5 Å². The molecule has 0 radical (unpaired) electrons. The average Bonchev–Trinajstić information content (AvgIpc) is 1.32. The Kier molecular flexibility index (Phi) is 19.5. The first-order valence-electron chi connectivity index (χ1n) is 27.0. The monoisotopic (exact) mass is 1180 g/mol. The molecule has 2 N–H and O–H groups in total. The predicted molar refractivity (Wildman–Crippen MR) is 301 cm³/mol. The number of urea groups is 2. The van der Waals surface area contributed by atoms with E-state index in [1.165, 1.54) is 93.6 Å². The van der Waals surface area contributed by atoms with Gasteiger partial charge in [-0.3, -0.25) is 29.2 Å². The summed E-state index contributed by atoms with van der Waals surface area (Å²) in [7, 11) is 1.45. The van der Waals surface area contributed by atoms with Crippen molar-refractivity contribution < 1.29 is 66.0 Å². The lowest BCUT2D eigenvalue weighted by Gasteiger charge is -2.44. The number of benzene rings is 4. The number of halogens is 4. The van der Waals surface area contributed by atoms with Crippen LogP contribution in [0.25, 0.3) is 0 Å². The second-order valence-electron chi connectivity index (χ2n) is 20.5. The fourth-order valence-electron chi connectivity index (χ4n) is 10.7. The molecule has 442 valence electrons. The second kappa shape index (κ2) is 26.5. The number of hydrogen-bond donors (Lipinski definition) is 2. The highest BCUT2D eigenvalue weighted by Gasteiger charge is 2.47. The molecule has 0 saturated carbocycles. The third-order valence-electron chi connectivity index (χ3n) is 15.2. The minimum atomic E-state index is -3.37. The van der Waals surface area contributed by atoms with Gasteiger partial charge in [-0.2, -0.15) is 19.3 Å². The molecule has 84 heavy (non-hydrogen) atoms. The van der Waals surface area contributed by atoms with Crippen molar-refractivity contribution in [3.05, 3.63) is 153 Å². The molecule has 25 heteroatoms. The molecule has 3 atom stereocenters. The fraction of sp³-hybridized carbons (Fsp3) is 0.390. The molecule has 0 aromatic heterocycles. The van der Waals surface area contributed by atoms with Gasteiger partial charge in [0, 0.05) is 94.9 Å². The number of rotatable bonds is 19. The zero-order chi connectivity index (χ0) is 60.6. The summed E-state index contributed by atoms with van der Waals surface area (Å²) in [6.07, 6.45) is 0. The van der Waals surface area contributed by atoms with Gasteiger partial charge in [0.25, 0.3) is 11.6 Å². The van der Waals surface area contributed by atoms with Crippen LogP contribution >= 0.6 is 9.24 Å². The first-order chi connectivity index (χ1) is 40.1. The number of ether oxygens (including phenoxy) is 2. The van der Waals surface area contributed by atoms with Crippen LogP contribution in [0.5, 0.6) is 0 Å². The standard InChI is InChI=1S/C59H63F4N10O10P/c1-38-50(54(78)82-30-28-74)52(42-14-10-40(34-64)11-15-42)70(56(80)72(38)46-8-4-6-44(32-46)58(3,60)61)36-48(76)68-24-20-66(21-25-68)18-19-67-22-26-69(27-23-67)49(77)37-71-53(43-16-12-41(35-65)13-17-43)51(55(79)83-31-29-75)39(2)73(57(71)81)47-9-5-7-45(33-47)59(62,63)84/h4-17,32-33,52-53,74-75H,18-31,36-37,84H2,1-3H3. The molecule has 0 spiro atoms. The summed E-state index contributed by atoms with van der Waals surface area (Å²) >= 11 is 0. The smallest absolute Gasteiger partial charge is 0.338 e. The van der Waals surface area contributed by atoms with Gasteiger partial charge in [0.2, 0.25) is 11.8 Å². The van der Waals surface area contributed by atoms with Gasteiger partial charge in [-0.25, -0.2) is 28.0 Å². The third-order valence-corrected chi connectivity index (χ3v) is 15.5. The summed E-state index contributed by atoms with van der Waals surface area (Å²) < 4.78 is 69.4. The van der Waals surface area contributed by atoms with Gasteiger partial charge in [0.05, 0.1) is 71.1 Å². The molecule has 0 aliphatic carbocycles. The van der Waals surface area contributed by atoms with E-state index >= 15 is 0 Å². The van der Waals surface area contributed by atoms with Crippen molar-refractivity contribution in [1.82, 2.24) is 29.4 Å². The van der Waals surface area contributed by atoms with Crippen LogP contribution in [0.3, 0.4) is 0 Å². The molecular formula is C59H63F4N10O10P. The largest absolute Gasteiger partial charge is 0.460 e. The lowest BCUT2D eigenvalue weighted by atomic mass is 9.92. The van der Waals surface area contributed by atoms with Crippen molar-refractivity contribution in [2.24, 2.45) is 0 Å². The summed E-state index contributed by atoms with van der Waals surface area (Å²) in [4.78, 5) is 98.4. The zero-order valence-electron chi connectivity index (χ0n) is 46.4. The molecule has 6 amide bonds. The maximum Gasteiger partial charge on any atom is 0.338 e. The highest BCUT2D eigenvalue weighted by atomic mass is 31.0. The van der Waals surface area contributed by atoms with Gasteiger partial charge in [0.1, 0.15) is 26.3 Å². The first kappa shape index (κ1) is 61.8. The van der Waals surface area contributed by atoms with Gasteiger partial charge in [-0.15, -0.1) is 0 Å². The molecule has 4 aromatic rings. The summed E-state index contributed by atoms with van der Waals surface area (Å²) in [6, 6.07) is 22.4. The van der Waals surface area contributed by atoms with Crippen LogP contribution in [-0.2, 0) is 40.2 Å². The summed E-state index contributed by atoms with van der Waals surface area (Å²) in [5, 5.41) is 38.2. The van der Waals surface area contributed by atoms with Crippen LogP contribution in [-0.4, -0.2) is 180 Å². The number of piperazine rings is 2. The quantitative estimate of drug-likeness (QED) is 0.0619. The molecule has 4 heterocycles. The Bertz CT molecular complexity index is 3070. The van der Waals surface area contributed by atoms with E-state index < -0.39 is 110 Å². The Morgan fingerprint density at radius 1 is 0.595 bits per heavy atom.